The third-order valence-electron chi connectivity index (χ3n) is 3.01. The van der Waals surface area contributed by atoms with E-state index in [9.17, 15) is 18.0 Å². The molecule has 1 atom stereocenters. The number of alkyl halides is 3. The molecule has 0 radical (unpaired) electrons. The molecule has 1 fully saturated rings. The highest BCUT2D eigenvalue weighted by molar-refractivity contribution is 5.97. The third-order valence-corrected chi connectivity index (χ3v) is 3.01. The maximum atomic E-state index is 12.4. The van der Waals surface area contributed by atoms with Crippen molar-refractivity contribution >= 4 is 5.78 Å². The van der Waals surface area contributed by atoms with Crippen LogP contribution in [0.15, 0.2) is 23.3 Å². The third kappa shape index (κ3) is 1.98. The van der Waals surface area contributed by atoms with Gasteiger partial charge in [0.15, 0.2) is 5.78 Å². The first-order valence-electron chi connectivity index (χ1n) is 4.99. The minimum absolute atomic E-state index is 0.0173. The summed E-state index contributed by atoms with van der Waals surface area (Å²) in [4.78, 5) is 11.4. The largest absolute Gasteiger partial charge is 0.412 e. The first-order chi connectivity index (χ1) is 6.98. The molecule has 1 saturated carbocycles. The number of ketones is 1. The molecular formula is C11H11F3O. The molecule has 0 saturated heterocycles. The Kier molecular flexibility index (Phi) is 2.44. The van der Waals surface area contributed by atoms with Crippen molar-refractivity contribution in [1.29, 1.82) is 0 Å². The van der Waals surface area contributed by atoms with Gasteiger partial charge in [0.25, 0.3) is 0 Å². The normalized spacial score (nSPS) is 26.9. The zero-order valence-corrected chi connectivity index (χ0v) is 8.10. The number of hydrogen-bond acceptors (Lipinski definition) is 1. The van der Waals surface area contributed by atoms with E-state index >= 15 is 0 Å². The molecular weight excluding hydrogens is 205 g/mol. The lowest BCUT2D eigenvalue weighted by Gasteiger charge is -2.28. The number of Topliss-reactive ketones (excluding diaryl/α,β-unsaturated/α-hetero) is 1. The Morgan fingerprint density at radius 2 is 2.00 bits per heavy atom. The van der Waals surface area contributed by atoms with Gasteiger partial charge in [-0.15, -0.1) is 0 Å². The topological polar surface area (TPSA) is 17.1 Å². The van der Waals surface area contributed by atoms with E-state index in [1.54, 1.807) is 0 Å². The van der Waals surface area contributed by atoms with E-state index < -0.39 is 11.7 Å². The van der Waals surface area contributed by atoms with Crippen LogP contribution in [-0.4, -0.2) is 12.0 Å². The molecule has 4 heteroatoms. The monoisotopic (exact) mass is 216 g/mol. The number of carbonyl (C=O) groups excluding carboxylic acids is 1. The van der Waals surface area contributed by atoms with Crippen molar-refractivity contribution in [1.82, 2.24) is 0 Å². The van der Waals surface area contributed by atoms with Crippen molar-refractivity contribution in [2.24, 2.45) is 5.92 Å². The van der Waals surface area contributed by atoms with Gasteiger partial charge in [0, 0.05) is 12.0 Å². The van der Waals surface area contributed by atoms with Crippen molar-refractivity contribution in [3.8, 4) is 0 Å². The molecule has 1 unspecified atom stereocenters. The summed E-state index contributed by atoms with van der Waals surface area (Å²) in [7, 11) is 0. The van der Waals surface area contributed by atoms with Gasteiger partial charge in [-0.2, -0.15) is 13.2 Å². The lowest BCUT2D eigenvalue weighted by molar-refractivity contribution is -0.117. The van der Waals surface area contributed by atoms with Crippen molar-refractivity contribution in [3.63, 3.8) is 0 Å². The van der Waals surface area contributed by atoms with E-state index in [-0.39, 0.29) is 18.1 Å². The Bertz CT molecular complexity index is 349. The highest BCUT2D eigenvalue weighted by Gasteiger charge is 2.38. The van der Waals surface area contributed by atoms with Gasteiger partial charge in [-0.1, -0.05) is 12.2 Å². The average molecular weight is 216 g/mol. The van der Waals surface area contributed by atoms with Gasteiger partial charge < -0.3 is 0 Å². The van der Waals surface area contributed by atoms with Crippen molar-refractivity contribution in [2.75, 3.05) is 0 Å². The van der Waals surface area contributed by atoms with Crippen molar-refractivity contribution in [3.05, 3.63) is 23.3 Å². The fourth-order valence-electron chi connectivity index (χ4n) is 2.21. The van der Waals surface area contributed by atoms with E-state index in [0.29, 0.717) is 24.8 Å². The first-order valence-corrected chi connectivity index (χ1v) is 4.99. The Hall–Kier alpha value is -1.06. The fourth-order valence-corrected chi connectivity index (χ4v) is 2.21. The van der Waals surface area contributed by atoms with Crippen molar-refractivity contribution in [2.45, 2.75) is 31.9 Å². The highest BCUT2D eigenvalue weighted by Crippen LogP contribution is 2.40. The maximum absolute atomic E-state index is 12.4. The van der Waals surface area contributed by atoms with Crippen LogP contribution in [0.1, 0.15) is 25.7 Å². The van der Waals surface area contributed by atoms with Crippen LogP contribution in [0.5, 0.6) is 0 Å². The van der Waals surface area contributed by atoms with Crippen molar-refractivity contribution < 1.29 is 18.0 Å². The standard InChI is InChI=1S/C11H11F3O/c12-11(13,14)8-4-5-9-7(6-8)2-1-3-10(9)15/h4-5,7H,1-3,6H2. The second-order valence-electron chi connectivity index (χ2n) is 4.03. The number of rotatable bonds is 0. The smallest absolute Gasteiger partial charge is 0.295 e. The van der Waals surface area contributed by atoms with Crippen LogP contribution in [-0.2, 0) is 4.79 Å². The van der Waals surface area contributed by atoms with Crippen LogP contribution in [0.4, 0.5) is 13.2 Å². The molecule has 2 rings (SSSR count). The molecule has 0 N–H and O–H groups in total. The van der Waals surface area contributed by atoms with Gasteiger partial charge in [0.05, 0.1) is 0 Å². The summed E-state index contributed by atoms with van der Waals surface area (Å²) < 4.78 is 37.2. The van der Waals surface area contributed by atoms with Gasteiger partial charge in [-0.05, 0) is 30.8 Å². The molecule has 2 aliphatic rings. The van der Waals surface area contributed by atoms with Crippen LogP contribution in [0, 0.1) is 5.92 Å². The Morgan fingerprint density at radius 3 is 2.67 bits per heavy atom. The molecule has 0 heterocycles. The van der Waals surface area contributed by atoms with Crippen LogP contribution in [0.3, 0.4) is 0 Å². The molecule has 0 bridgehead atoms. The molecule has 0 aromatic heterocycles. The molecule has 82 valence electrons. The molecule has 0 aromatic carbocycles. The maximum Gasteiger partial charge on any atom is 0.412 e. The quantitative estimate of drug-likeness (QED) is 0.607. The lowest BCUT2D eigenvalue weighted by atomic mass is 9.77. The number of halogens is 3. The Labute approximate surface area is 85.7 Å². The molecule has 0 aromatic rings. The van der Waals surface area contributed by atoms with Gasteiger partial charge in [-0.3, -0.25) is 4.79 Å². The summed E-state index contributed by atoms with van der Waals surface area (Å²) in [5, 5.41) is 0. The number of allylic oxidation sites excluding steroid dienone is 4. The molecule has 0 amide bonds. The minimum Gasteiger partial charge on any atom is -0.295 e. The second kappa shape index (κ2) is 3.51. The van der Waals surface area contributed by atoms with Gasteiger partial charge in [0.1, 0.15) is 0 Å². The zero-order chi connectivity index (χ0) is 11.1. The highest BCUT2D eigenvalue weighted by atomic mass is 19.4. The average Bonchev–Trinajstić information content (AvgIpc) is 2.16. The molecule has 2 aliphatic carbocycles. The summed E-state index contributed by atoms with van der Waals surface area (Å²) in [6.07, 6.45) is 0.0334. The summed E-state index contributed by atoms with van der Waals surface area (Å²) in [6, 6.07) is 0. The summed E-state index contributed by atoms with van der Waals surface area (Å²) >= 11 is 0. The van der Waals surface area contributed by atoms with Crippen LogP contribution in [0.25, 0.3) is 0 Å². The summed E-state index contributed by atoms with van der Waals surface area (Å²) in [5.74, 6) is -0.184. The Morgan fingerprint density at radius 1 is 1.27 bits per heavy atom. The van der Waals surface area contributed by atoms with E-state index in [1.807, 2.05) is 0 Å². The van der Waals surface area contributed by atoms with E-state index in [0.717, 1.165) is 6.08 Å². The fraction of sp³-hybridized carbons (Fsp3) is 0.545. The number of fused-ring (bicyclic) bond motifs is 1. The van der Waals surface area contributed by atoms with Crippen LogP contribution < -0.4 is 0 Å². The molecule has 0 spiro atoms. The predicted molar refractivity (Wildman–Crippen MR) is 49.2 cm³/mol. The zero-order valence-electron chi connectivity index (χ0n) is 8.10. The SMILES string of the molecule is O=C1CCCC2CC(C(F)(F)F)=CC=C12. The van der Waals surface area contributed by atoms with E-state index in [2.05, 4.69) is 0 Å². The number of carbonyl (C=O) groups is 1. The van der Waals surface area contributed by atoms with E-state index in [1.165, 1.54) is 6.08 Å². The Balaban J connectivity index is 2.27. The summed E-state index contributed by atoms with van der Waals surface area (Å²) in [6.45, 7) is 0. The molecule has 0 aliphatic heterocycles. The lowest BCUT2D eigenvalue weighted by Crippen LogP contribution is -2.25. The van der Waals surface area contributed by atoms with Gasteiger partial charge in [0.2, 0.25) is 0 Å². The predicted octanol–water partition coefficient (Wildman–Crippen LogP) is 3.17. The van der Waals surface area contributed by atoms with Crippen LogP contribution >= 0.6 is 0 Å². The number of hydrogen-bond donors (Lipinski definition) is 0. The van der Waals surface area contributed by atoms with Crippen LogP contribution in [0.2, 0.25) is 0 Å². The van der Waals surface area contributed by atoms with Gasteiger partial charge >= 0.3 is 6.18 Å². The summed E-state index contributed by atoms with van der Waals surface area (Å²) in [5.41, 5.74) is 0.0835. The second-order valence-corrected chi connectivity index (χ2v) is 4.03. The first kappa shape index (κ1) is 10.5. The van der Waals surface area contributed by atoms with Gasteiger partial charge in [-0.25, -0.2) is 0 Å². The van der Waals surface area contributed by atoms with E-state index in [4.69, 9.17) is 0 Å². The molecule has 1 nitrogen and oxygen atoms in total. The minimum atomic E-state index is -4.25. The molecule has 15 heavy (non-hydrogen) atoms.